The van der Waals surface area contributed by atoms with E-state index in [4.69, 9.17) is 0 Å². The maximum atomic E-state index is 12.5. The lowest BCUT2D eigenvalue weighted by atomic mass is 10.3. The number of sulfonamides is 1. The Hall–Kier alpha value is -1.48. The van der Waals surface area contributed by atoms with Gasteiger partial charge in [0.05, 0.1) is 0 Å². The lowest BCUT2D eigenvalue weighted by Gasteiger charge is -2.19. The maximum Gasteiger partial charge on any atom is 0.346 e. The van der Waals surface area contributed by atoms with Gasteiger partial charge in [-0.3, -0.25) is 0 Å². The van der Waals surface area contributed by atoms with E-state index in [-0.39, 0.29) is 11.2 Å². The molecular weight excluding hydrogens is 318 g/mol. The molecule has 0 fully saturated rings. The Bertz CT molecular complexity index is 599. The molecule has 8 nitrogen and oxygen atoms in total. The molecule has 0 aromatic carbocycles. The Morgan fingerprint density at radius 3 is 2.35 bits per heavy atom. The first-order valence-electron chi connectivity index (χ1n) is 8.13. The molecule has 0 bridgehead atoms. The van der Waals surface area contributed by atoms with E-state index >= 15 is 0 Å². The van der Waals surface area contributed by atoms with E-state index in [1.165, 1.54) is 10.6 Å². The summed E-state index contributed by atoms with van der Waals surface area (Å²) in [5.74, 6) is 0. The molecule has 1 aromatic heterocycles. The maximum absolute atomic E-state index is 12.5. The molecule has 0 radical (unpaired) electrons. The normalized spacial score (nSPS) is 11.9. The van der Waals surface area contributed by atoms with Gasteiger partial charge in [-0.25, -0.2) is 18.2 Å². The van der Waals surface area contributed by atoms with Gasteiger partial charge in [-0.1, -0.05) is 27.2 Å². The molecule has 0 spiro atoms. The first kappa shape index (κ1) is 19.6. The molecule has 0 aliphatic rings. The Balaban J connectivity index is 2.98. The standard InChI is InChI=1S/C14H27N5O3S/c1-5-9-11-17(7-3)14(20)19-12-15-13(16-19)23(21,22)18(8-4)10-6-2/h12H,5-11H2,1-4H3. The number of nitrogens with zero attached hydrogens (tertiary/aromatic N) is 5. The van der Waals surface area contributed by atoms with Crippen LogP contribution in [0.3, 0.4) is 0 Å². The minimum atomic E-state index is -3.76. The molecule has 0 N–H and O–H groups in total. The van der Waals surface area contributed by atoms with Gasteiger partial charge in [0.15, 0.2) is 0 Å². The highest BCUT2D eigenvalue weighted by atomic mass is 32.2. The van der Waals surface area contributed by atoms with Gasteiger partial charge in [-0.15, -0.1) is 5.10 Å². The van der Waals surface area contributed by atoms with Crippen molar-refractivity contribution in [3.8, 4) is 0 Å². The third kappa shape index (κ3) is 4.74. The van der Waals surface area contributed by atoms with Crippen LogP contribution in [0, 0.1) is 0 Å². The molecule has 1 heterocycles. The number of rotatable bonds is 9. The monoisotopic (exact) mass is 345 g/mol. The molecule has 0 unspecified atom stereocenters. The number of unbranched alkanes of at least 4 members (excludes halogenated alkanes) is 1. The quantitative estimate of drug-likeness (QED) is 0.681. The predicted molar refractivity (Wildman–Crippen MR) is 87.7 cm³/mol. The highest BCUT2D eigenvalue weighted by Gasteiger charge is 2.28. The van der Waals surface area contributed by atoms with Crippen molar-refractivity contribution in [2.24, 2.45) is 0 Å². The SMILES string of the molecule is CCCCN(CC)C(=O)n1cnc(S(=O)(=O)N(CC)CCC)n1. The smallest absolute Gasteiger partial charge is 0.323 e. The first-order valence-corrected chi connectivity index (χ1v) is 9.57. The third-order valence-corrected chi connectivity index (χ3v) is 5.27. The number of carbonyl (C=O) groups is 1. The van der Waals surface area contributed by atoms with Crippen LogP contribution in [0.4, 0.5) is 4.79 Å². The van der Waals surface area contributed by atoms with Gasteiger partial charge in [0, 0.05) is 26.2 Å². The van der Waals surface area contributed by atoms with E-state index in [2.05, 4.69) is 10.1 Å². The summed E-state index contributed by atoms with van der Waals surface area (Å²) in [6, 6.07) is -0.353. The number of hydrogen-bond acceptors (Lipinski definition) is 5. The van der Waals surface area contributed by atoms with Crippen molar-refractivity contribution >= 4 is 16.1 Å². The summed E-state index contributed by atoms with van der Waals surface area (Å²) in [5.41, 5.74) is 0. The highest BCUT2D eigenvalue weighted by molar-refractivity contribution is 7.88. The lowest BCUT2D eigenvalue weighted by Crippen LogP contribution is -2.36. The van der Waals surface area contributed by atoms with Gasteiger partial charge >= 0.3 is 6.03 Å². The summed E-state index contributed by atoms with van der Waals surface area (Å²) in [4.78, 5) is 17.8. The number of carbonyl (C=O) groups excluding carboxylic acids is 1. The summed E-state index contributed by atoms with van der Waals surface area (Å²) in [5, 5.41) is 3.57. The van der Waals surface area contributed by atoms with Crippen LogP contribution in [0.15, 0.2) is 11.5 Å². The fraction of sp³-hybridized carbons (Fsp3) is 0.786. The number of hydrogen-bond donors (Lipinski definition) is 0. The van der Waals surface area contributed by atoms with E-state index in [0.29, 0.717) is 32.6 Å². The second kappa shape index (κ2) is 8.97. The summed E-state index contributed by atoms with van der Waals surface area (Å²) >= 11 is 0. The van der Waals surface area contributed by atoms with Crippen LogP contribution in [0.25, 0.3) is 0 Å². The van der Waals surface area contributed by atoms with Crippen molar-refractivity contribution in [1.29, 1.82) is 0 Å². The van der Waals surface area contributed by atoms with Gasteiger partial charge in [-0.2, -0.15) is 8.99 Å². The second-order valence-corrected chi connectivity index (χ2v) is 7.02. The largest absolute Gasteiger partial charge is 0.346 e. The van der Waals surface area contributed by atoms with Crippen molar-refractivity contribution in [3.63, 3.8) is 0 Å². The molecule has 9 heteroatoms. The lowest BCUT2D eigenvalue weighted by molar-refractivity contribution is 0.197. The van der Waals surface area contributed by atoms with Crippen LogP contribution in [0.5, 0.6) is 0 Å². The molecule has 0 atom stereocenters. The Morgan fingerprint density at radius 1 is 1.13 bits per heavy atom. The predicted octanol–water partition coefficient (Wildman–Crippen LogP) is 1.79. The molecule has 1 aromatic rings. The molecule has 0 aliphatic carbocycles. The number of aromatic nitrogens is 3. The van der Waals surface area contributed by atoms with E-state index in [1.54, 1.807) is 11.8 Å². The van der Waals surface area contributed by atoms with Gasteiger partial charge in [0.25, 0.3) is 15.2 Å². The van der Waals surface area contributed by atoms with Crippen molar-refractivity contribution in [3.05, 3.63) is 6.33 Å². The van der Waals surface area contributed by atoms with Crippen LogP contribution in [-0.2, 0) is 10.0 Å². The average molecular weight is 345 g/mol. The van der Waals surface area contributed by atoms with Gasteiger partial charge in [0.2, 0.25) is 0 Å². The zero-order valence-corrected chi connectivity index (χ0v) is 15.2. The molecule has 132 valence electrons. The van der Waals surface area contributed by atoms with Crippen LogP contribution in [-0.4, -0.2) is 64.6 Å². The second-order valence-electron chi connectivity index (χ2n) is 5.18. The van der Waals surface area contributed by atoms with Crippen LogP contribution in [0.2, 0.25) is 0 Å². The van der Waals surface area contributed by atoms with Crippen molar-refractivity contribution < 1.29 is 13.2 Å². The van der Waals surface area contributed by atoms with E-state index in [1.807, 2.05) is 20.8 Å². The Labute approximate surface area is 138 Å². The van der Waals surface area contributed by atoms with E-state index < -0.39 is 10.0 Å². The van der Waals surface area contributed by atoms with Crippen molar-refractivity contribution in [2.45, 2.75) is 52.1 Å². The van der Waals surface area contributed by atoms with Crippen LogP contribution < -0.4 is 0 Å². The van der Waals surface area contributed by atoms with Crippen molar-refractivity contribution in [1.82, 2.24) is 24.0 Å². The average Bonchev–Trinajstić information content (AvgIpc) is 3.03. The van der Waals surface area contributed by atoms with E-state index in [9.17, 15) is 13.2 Å². The Morgan fingerprint density at radius 2 is 1.83 bits per heavy atom. The Kier molecular flexibility index (Phi) is 7.63. The first-order chi connectivity index (χ1) is 10.9. The van der Waals surface area contributed by atoms with Gasteiger partial charge < -0.3 is 4.90 Å². The minimum Gasteiger partial charge on any atom is -0.323 e. The van der Waals surface area contributed by atoms with Crippen LogP contribution in [0.1, 0.15) is 47.0 Å². The third-order valence-electron chi connectivity index (χ3n) is 3.50. The minimum absolute atomic E-state index is 0.326. The summed E-state index contributed by atoms with van der Waals surface area (Å²) in [6.45, 7) is 9.49. The summed E-state index contributed by atoms with van der Waals surface area (Å²) in [6.07, 6.45) is 3.74. The highest BCUT2D eigenvalue weighted by Crippen LogP contribution is 2.11. The van der Waals surface area contributed by atoms with Gasteiger partial charge in [-0.05, 0) is 19.8 Å². The molecule has 0 saturated carbocycles. The van der Waals surface area contributed by atoms with Crippen LogP contribution >= 0.6 is 0 Å². The molecule has 0 saturated heterocycles. The summed E-state index contributed by atoms with van der Waals surface area (Å²) in [7, 11) is -3.76. The summed E-state index contributed by atoms with van der Waals surface area (Å²) < 4.78 is 27.2. The molecule has 1 rings (SSSR count). The molecule has 1 amide bonds. The van der Waals surface area contributed by atoms with Crippen molar-refractivity contribution in [2.75, 3.05) is 26.2 Å². The fourth-order valence-electron chi connectivity index (χ4n) is 2.15. The fourth-order valence-corrected chi connectivity index (χ4v) is 3.52. The zero-order chi connectivity index (χ0) is 17.5. The molecule has 23 heavy (non-hydrogen) atoms. The number of amides is 1. The molecular formula is C14H27N5O3S. The molecule has 0 aliphatic heterocycles. The van der Waals surface area contributed by atoms with E-state index in [0.717, 1.165) is 17.5 Å². The topological polar surface area (TPSA) is 88.4 Å². The zero-order valence-electron chi connectivity index (χ0n) is 14.4. The van der Waals surface area contributed by atoms with Gasteiger partial charge in [0.1, 0.15) is 6.33 Å².